The van der Waals surface area contributed by atoms with E-state index in [0.29, 0.717) is 28.5 Å². The summed E-state index contributed by atoms with van der Waals surface area (Å²) >= 11 is 6.29. The third-order valence-corrected chi connectivity index (χ3v) is 6.47. The predicted molar refractivity (Wildman–Crippen MR) is 143 cm³/mol. The number of ether oxygens (including phenoxy) is 2. The minimum atomic E-state index is -0.891. The predicted octanol–water partition coefficient (Wildman–Crippen LogP) is 6.16. The third kappa shape index (κ3) is 4.96. The first-order chi connectivity index (χ1) is 18.5. The summed E-state index contributed by atoms with van der Waals surface area (Å²) in [7, 11) is 1.48. The Bertz CT molecular complexity index is 1520. The second kappa shape index (κ2) is 10.8. The quantitative estimate of drug-likeness (QED) is 0.176. The first-order valence-electron chi connectivity index (χ1n) is 11.8. The fourth-order valence-electron chi connectivity index (χ4n) is 4.40. The van der Waals surface area contributed by atoms with Crippen LogP contribution in [0.5, 0.6) is 17.2 Å². The van der Waals surface area contributed by atoms with Gasteiger partial charge in [0, 0.05) is 11.8 Å². The van der Waals surface area contributed by atoms with E-state index < -0.39 is 17.7 Å². The van der Waals surface area contributed by atoms with Crippen molar-refractivity contribution in [1.82, 2.24) is 9.88 Å². The highest BCUT2D eigenvalue weighted by atomic mass is 35.5. The van der Waals surface area contributed by atoms with Gasteiger partial charge < -0.3 is 19.5 Å². The molecule has 5 rings (SSSR count). The number of aliphatic hydroxyl groups excluding tert-OH is 1. The molecule has 3 aromatic carbocycles. The summed E-state index contributed by atoms with van der Waals surface area (Å²) in [5, 5.41) is 11.6. The zero-order chi connectivity index (χ0) is 26.6. The molecule has 1 unspecified atom stereocenters. The highest BCUT2D eigenvalue weighted by molar-refractivity contribution is 6.46. The van der Waals surface area contributed by atoms with Gasteiger partial charge in [-0.2, -0.15) is 0 Å². The number of carbonyl (C=O) groups excluding carboxylic acids is 2. The molecular formula is C30H23ClN2O5. The molecule has 1 amide bonds. The fraction of sp³-hybridized carbons (Fsp3) is 0.100. The minimum Gasteiger partial charge on any atom is -0.507 e. The van der Waals surface area contributed by atoms with Gasteiger partial charge in [-0.25, -0.2) is 0 Å². The van der Waals surface area contributed by atoms with Crippen LogP contribution in [0.15, 0.2) is 103 Å². The summed E-state index contributed by atoms with van der Waals surface area (Å²) in [6.45, 7) is 0.0694. The molecule has 0 saturated carbocycles. The number of amides is 1. The van der Waals surface area contributed by atoms with Crippen molar-refractivity contribution in [1.29, 1.82) is 0 Å². The van der Waals surface area contributed by atoms with Gasteiger partial charge in [-0.15, -0.1) is 0 Å². The minimum absolute atomic E-state index is 0.0518. The van der Waals surface area contributed by atoms with E-state index in [1.807, 2.05) is 36.4 Å². The van der Waals surface area contributed by atoms with Gasteiger partial charge in [0.2, 0.25) is 0 Å². The van der Waals surface area contributed by atoms with Crippen LogP contribution >= 0.6 is 11.6 Å². The molecule has 0 radical (unpaired) electrons. The Morgan fingerprint density at radius 1 is 0.947 bits per heavy atom. The van der Waals surface area contributed by atoms with E-state index in [-0.39, 0.29) is 28.5 Å². The largest absolute Gasteiger partial charge is 0.507 e. The summed E-state index contributed by atoms with van der Waals surface area (Å²) in [5.41, 5.74) is 1.43. The molecule has 1 aliphatic heterocycles. The molecule has 1 atom stereocenters. The van der Waals surface area contributed by atoms with Gasteiger partial charge >= 0.3 is 0 Å². The number of hydrogen-bond acceptors (Lipinski definition) is 6. The molecule has 0 aliphatic carbocycles. The number of nitrogens with zero attached hydrogens (tertiary/aromatic N) is 2. The Hall–Kier alpha value is -4.62. The van der Waals surface area contributed by atoms with E-state index in [1.165, 1.54) is 18.1 Å². The zero-order valence-corrected chi connectivity index (χ0v) is 21.1. The van der Waals surface area contributed by atoms with Crippen molar-refractivity contribution in [3.63, 3.8) is 0 Å². The van der Waals surface area contributed by atoms with Crippen molar-refractivity contribution in [2.24, 2.45) is 0 Å². The molecule has 8 heteroatoms. The first kappa shape index (κ1) is 25.0. The molecule has 1 aliphatic rings. The van der Waals surface area contributed by atoms with Gasteiger partial charge in [-0.1, -0.05) is 48.0 Å². The summed E-state index contributed by atoms with van der Waals surface area (Å²) in [6, 6.07) is 25.5. The number of rotatable bonds is 7. The van der Waals surface area contributed by atoms with Crippen LogP contribution in [0.4, 0.5) is 0 Å². The van der Waals surface area contributed by atoms with Crippen LogP contribution < -0.4 is 9.47 Å². The maximum Gasteiger partial charge on any atom is 0.296 e. The van der Waals surface area contributed by atoms with Gasteiger partial charge in [-0.3, -0.25) is 14.6 Å². The van der Waals surface area contributed by atoms with Crippen LogP contribution in [-0.2, 0) is 16.1 Å². The van der Waals surface area contributed by atoms with Crippen LogP contribution in [-0.4, -0.2) is 33.8 Å². The first-order valence-corrected chi connectivity index (χ1v) is 12.2. The second-order valence-electron chi connectivity index (χ2n) is 8.59. The van der Waals surface area contributed by atoms with Crippen molar-refractivity contribution in [2.75, 3.05) is 7.11 Å². The van der Waals surface area contributed by atoms with Gasteiger partial charge in [0.25, 0.3) is 11.7 Å². The maximum absolute atomic E-state index is 13.4. The summed E-state index contributed by atoms with van der Waals surface area (Å²) in [6.07, 6.45) is 1.62. The monoisotopic (exact) mass is 526 g/mol. The average Bonchev–Trinajstić information content (AvgIpc) is 3.19. The summed E-state index contributed by atoms with van der Waals surface area (Å²) < 4.78 is 11.2. The van der Waals surface area contributed by atoms with Crippen LogP contribution in [0.2, 0.25) is 5.02 Å². The van der Waals surface area contributed by atoms with Crippen LogP contribution in [0.25, 0.3) is 5.76 Å². The van der Waals surface area contributed by atoms with Gasteiger partial charge in [0.05, 0.1) is 36.0 Å². The topological polar surface area (TPSA) is 89.0 Å². The van der Waals surface area contributed by atoms with E-state index in [1.54, 1.807) is 54.7 Å². The average molecular weight is 527 g/mol. The smallest absolute Gasteiger partial charge is 0.296 e. The number of aliphatic hydroxyl groups is 1. The lowest BCUT2D eigenvalue weighted by molar-refractivity contribution is -0.140. The van der Waals surface area contributed by atoms with Crippen molar-refractivity contribution in [3.8, 4) is 17.2 Å². The number of halogens is 1. The van der Waals surface area contributed by atoms with Crippen molar-refractivity contribution >= 4 is 29.1 Å². The standard InChI is InChI=1S/C30H23ClN2O5/c1-37-25-14-13-20(17-24(25)31)28(34)26-27(33(30(36)29(26)35)18-21-9-5-6-15-32-21)19-8-7-12-23(16-19)38-22-10-3-2-4-11-22/h2-17,27,34H,18H2,1H3/b28-26+. The van der Waals surface area contributed by atoms with Crippen molar-refractivity contribution in [2.45, 2.75) is 12.6 Å². The molecule has 1 N–H and O–H groups in total. The molecule has 190 valence electrons. The summed E-state index contributed by atoms with van der Waals surface area (Å²) in [5.74, 6) is -0.303. The maximum atomic E-state index is 13.4. The zero-order valence-electron chi connectivity index (χ0n) is 20.4. The number of Topliss-reactive ketones (excluding diaryl/α,β-unsaturated/α-hetero) is 1. The van der Waals surface area contributed by atoms with Gasteiger partial charge in [-0.05, 0) is 60.2 Å². The Morgan fingerprint density at radius 3 is 2.42 bits per heavy atom. The van der Waals surface area contributed by atoms with E-state index in [4.69, 9.17) is 21.1 Å². The molecule has 0 spiro atoms. The number of pyridine rings is 1. The Labute approximate surface area is 224 Å². The van der Waals surface area contributed by atoms with Gasteiger partial charge in [0.15, 0.2) is 0 Å². The molecule has 4 aromatic rings. The van der Waals surface area contributed by atoms with Crippen LogP contribution in [0.1, 0.15) is 22.9 Å². The number of hydrogen-bond donors (Lipinski definition) is 1. The van der Waals surface area contributed by atoms with Crippen molar-refractivity contribution < 1.29 is 24.2 Å². The molecule has 38 heavy (non-hydrogen) atoms. The third-order valence-electron chi connectivity index (χ3n) is 6.18. The summed E-state index contributed by atoms with van der Waals surface area (Å²) in [4.78, 5) is 32.4. The number of para-hydroxylation sites is 1. The fourth-order valence-corrected chi connectivity index (χ4v) is 4.66. The van der Waals surface area contributed by atoms with E-state index >= 15 is 0 Å². The molecule has 7 nitrogen and oxygen atoms in total. The van der Waals surface area contributed by atoms with E-state index in [9.17, 15) is 14.7 Å². The van der Waals surface area contributed by atoms with Crippen molar-refractivity contribution in [3.05, 3.63) is 125 Å². The van der Waals surface area contributed by atoms with E-state index in [0.717, 1.165) is 0 Å². The number of methoxy groups -OCH3 is 1. The van der Waals surface area contributed by atoms with Crippen LogP contribution in [0, 0.1) is 0 Å². The highest BCUT2D eigenvalue weighted by Crippen LogP contribution is 2.42. The number of benzene rings is 3. The normalized spacial score (nSPS) is 16.5. The molecule has 2 heterocycles. The van der Waals surface area contributed by atoms with Gasteiger partial charge in [0.1, 0.15) is 23.0 Å². The van der Waals surface area contributed by atoms with Crippen LogP contribution in [0.3, 0.4) is 0 Å². The number of aromatic nitrogens is 1. The lowest BCUT2D eigenvalue weighted by Crippen LogP contribution is -2.29. The Kier molecular flexibility index (Phi) is 7.11. The van der Waals surface area contributed by atoms with E-state index in [2.05, 4.69) is 4.98 Å². The molecule has 0 bridgehead atoms. The SMILES string of the molecule is COc1ccc(/C(O)=C2\C(=O)C(=O)N(Cc3ccccn3)C2c2cccc(Oc3ccccc3)c2)cc1Cl. The number of ketones is 1. The Morgan fingerprint density at radius 2 is 1.71 bits per heavy atom. The Balaban J connectivity index is 1.62. The molecule has 1 fully saturated rings. The lowest BCUT2D eigenvalue weighted by atomic mass is 9.95. The molecular weight excluding hydrogens is 504 g/mol. The lowest BCUT2D eigenvalue weighted by Gasteiger charge is -2.25. The molecule has 1 aromatic heterocycles. The number of carbonyl (C=O) groups is 2. The molecule has 1 saturated heterocycles. The number of likely N-dealkylation sites (tertiary alicyclic amines) is 1. The highest BCUT2D eigenvalue weighted by Gasteiger charge is 2.46. The second-order valence-corrected chi connectivity index (χ2v) is 8.99.